The Hall–Kier alpha value is -0.570. The molecule has 0 radical (unpaired) electrons. The van der Waals surface area contributed by atoms with Gasteiger partial charge in [0.1, 0.15) is 0 Å². The molecular formula is C16H35NO2. The average Bonchev–Trinajstić information content (AvgIpc) is 2.36. The lowest BCUT2D eigenvalue weighted by atomic mass is 10.2. The number of carboxylic acid groups (broad SMARTS) is 1. The van der Waals surface area contributed by atoms with E-state index in [0.29, 0.717) is 6.42 Å². The van der Waals surface area contributed by atoms with E-state index in [1.807, 2.05) is 0 Å². The van der Waals surface area contributed by atoms with E-state index in [-0.39, 0.29) is 0 Å². The van der Waals surface area contributed by atoms with Crippen LogP contribution < -0.4 is 0 Å². The lowest BCUT2D eigenvalue weighted by Gasteiger charge is -2.19. The molecule has 0 rings (SSSR count). The molecule has 0 bridgehead atoms. The van der Waals surface area contributed by atoms with Gasteiger partial charge in [0, 0.05) is 6.42 Å². The van der Waals surface area contributed by atoms with Crippen LogP contribution in [0.5, 0.6) is 0 Å². The van der Waals surface area contributed by atoms with Crippen LogP contribution in [0.3, 0.4) is 0 Å². The van der Waals surface area contributed by atoms with Crippen LogP contribution in [0, 0.1) is 0 Å². The summed E-state index contributed by atoms with van der Waals surface area (Å²) in [6.07, 6.45) is 8.43. The monoisotopic (exact) mass is 273 g/mol. The number of carbonyl (C=O) groups is 1. The van der Waals surface area contributed by atoms with Gasteiger partial charge in [-0.05, 0) is 45.3 Å². The number of rotatable bonds is 11. The topological polar surface area (TPSA) is 40.5 Å². The Morgan fingerprint density at radius 1 is 0.789 bits per heavy atom. The molecule has 0 aromatic rings. The molecule has 3 heteroatoms. The Balaban J connectivity index is 0. The van der Waals surface area contributed by atoms with Gasteiger partial charge in [-0.3, -0.25) is 4.79 Å². The molecule has 0 atom stereocenters. The molecule has 0 aliphatic carbocycles. The van der Waals surface area contributed by atoms with E-state index in [2.05, 4.69) is 32.6 Å². The largest absolute Gasteiger partial charge is 0.481 e. The maximum Gasteiger partial charge on any atom is 0.303 e. The maximum absolute atomic E-state index is 9.96. The molecule has 0 amide bonds. The third kappa shape index (κ3) is 19.9. The highest BCUT2D eigenvalue weighted by atomic mass is 16.4. The van der Waals surface area contributed by atoms with Gasteiger partial charge in [0.25, 0.3) is 0 Å². The van der Waals surface area contributed by atoms with E-state index in [1.165, 1.54) is 45.3 Å². The highest BCUT2D eigenvalue weighted by Gasteiger charge is 1.98. The summed E-state index contributed by atoms with van der Waals surface area (Å²) < 4.78 is 0. The van der Waals surface area contributed by atoms with Crippen molar-refractivity contribution in [1.82, 2.24) is 4.90 Å². The molecule has 0 heterocycles. The molecule has 0 fully saturated rings. The van der Waals surface area contributed by atoms with E-state index in [4.69, 9.17) is 5.11 Å². The molecule has 0 spiro atoms. The van der Waals surface area contributed by atoms with Crippen LogP contribution in [-0.2, 0) is 4.79 Å². The molecule has 0 aliphatic heterocycles. The first-order valence-electron chi connectivity index (χ1n) is 8.06. The van der Waals surface area contributed by atoms with Crippen molar-refractivity contribution >= 4 is 5.97 Å². The van der Waals surface area contributed by atoms with Crippen molar-refractivity contribution in [3.05, 3.63) is 0 Å². The minimum absolute atomic E-state index is 0.333. The van der Waals surface area contributed by atoms with E-state index in [9.17, 15) is 4.79 Å². The third-order valence-corrected chi connectivity index (χ3v) is 2.86. The third-order valence-electron chi connectivity index (χ3n) is 2.86. The van der Waals surface area contributed by atoms with Gasteiger partial charge in [0.15, 0.2) is 0 Å². The zero-order chi connectivity index (χ0) is 14.9. The molecular weight excluding hydrogens is 238 g/mol. The summed E-state index contributed by atoms with van der Waals surface area (Å²) in [6, 6.07) is 0. The van der Waals surface area contributed by atoms with Crippen molar-refractivity contribution < 1.29 is 9.90 Å². The van der Waals surface area contributed by atoms with Crippen molar-refractivity contribution in [3.8, 4) is 0 Å². The van der Waals surface area contributed by atoms with Gasteiger partial charge < -0.3 is 10.0 Å². The standard InChI is InChI=1S/C9H21N.C7H14O2/c1-4-7-10(8-5-2)9-6-3;1-2-3-4-5-6-7(8)9/h4-9H2,1-3H3;2-6H2,1H3,(H,8,9). The van der Waals surface area contributed by atoms with Gasteiger partial charge in [-0.15, -0.1) is 0 Å². The van der Waals surface area contributed by atoms with Crippen LogP contribution in [0.2, 0.25) is 0 Å². The SMILES string of the molecule is CCCCCCC(=O)O.CCCN(CCC)CCC. The Kier molecular flexibility index (Phi) is 19.0. The Bertz CT molecular complexity index is 169. The second-order valence-electron chi connectivity index (χ2n) is 5.05. The second kappa shape index (κ2) is 17.4. The Morgan fingerprint density at radius 3 is 1.58 bits per heavy atom. The van der Waals surface area contributed by atoms with Crippen LogP contribution >= 0.6 is 0 Å². The molecule has 19 heavy (non-hydrogen) atoms. The molecule has 0 aromatic heterocycles. The minimum Gasteiger partial charge on any atom is -0.481 e. The van der Waals surface area contributed by atoms with Gasteiger partial charge >= 0.3 is 5.97 Å². The first-order valence-corrected chi connectivity index (χ1v) is 8.06. The number of unbranched alkanes of at least 4 members (excludes halogenated alkanes) is 3. The number of carboxylic acids is 1. The van der Waals surface area contributed by atoms with Crippen molar-refractivity contribution in [1.29, 1.82) is 0 Å². The number of aliphatic carboxylic acids is 1. The van der Waals surface area contributed by atoms with E-state index in [1.54, 1.807) is 0 Å². The fraction of sp³-hybridized carbons (Fsp3) is 0.938. The van der Waals surface area contributed by atoms with Crippen LogP contribution in [0.15, 0.2) is 0 Å². The lowest BCUT2D eigenvalue weighted by molar-refractivity contribution is -0.137. The van der Waals surface area contributed by atoms with Crippen LogP contribution in [-0.4, -0.2) is 35.6 Å². The van der Waals surface area contributed by atoms with Crippen LogP contribution in [0.1, 0.15) is 79.1 Å². The van der Waals surface area contributed by atoms with E-state index >= 15 is 0 Å². The number of hydrogen-bond acceptors (Lipinski definition) is 2. The highest BCUT2D eigenvalue weighted by molar-refractivity contribution is 5.66. The van der Waals surface area contributed by atoms with Crippen LogP contribution in [0.4, 0.5) is 0 Å². The first kappa shape index (κ1) is 20.7. The van der Waals surface area contributed by atoms with Crippen molar-refractivity contribution in [3.63, 3.8) is 0 Å². The Morgan fingerprint density at radius 2 is 1.26 bits per heavy atom. The molecule has 3 nitrogen and oxygen atoms in total. The van der Waals surface area contributed by atoms with Gasteiger partial charge in [-0.25, -0.2) is 0 Å². The lowest BCUT2D eigenvalue weighted by Crippen LogP contribution is -2.25. The molecule has 1 N–H and O–H groups in total. The zero-order valence-electron chi connectivity index (χ0n) is 13.6. The summed E-state index contributed by atoms with van der Waals surface area (Å²) in [5, 5.41) is 8.21. The quantitative estimate of drug-likeness (QED) is 0.561. The summed E-state index contributed by atoms with van der Waals surface area (Å²) in [5.41, 5.74) is 0. The first-order chi connectivity index (χ1) is 9.12. The minimum atomic E-state index is -0.675. The molecule has 0 saturated carbocycles. The Labute approximate surface area is 120 Å². The van der Waals surface area contributed by atoms with Crippen molar-refractivity contribution in [2.75, 3.05) is 19.6 Å². The summed E-state index contributed by atoms with van der Waals surface area (Å²) in [6.45, 7) is 12.7. The van der Waals surface area contributed by atoms with Gasteiger partial charge in [-0.1, -0.05) is 47.0 Å². The highest BCUT2D eigenvalue weighted by Crippen LogP contribution is 2.01. The molecule has 0 saturated heterocycles. The van der Waals surface area contributed by atoms with Crippen molar-refractivity contribution in [2.45, 2.75) is 79.1 Å². The van der Waals surface area contributed by atoms with E-state index in [0.717, 1.165) is 19.3 Å². The van der Waals surface area contributed by atoms with Crippen molar-refractivity contribution in [2.24, 2.45) is 0 Å². The average molecular weight is 273 g/mol. The molecule has 0 unspecified atom stereocenters. The summed E-state index contributed by atoms with van der Waals surface area (Å²) >= 11 is 0. The smallest absolute Gasteiger partial charge is 0.303 e. The normalized spacial score (nSPS) is 10.2. The van der Waals surface area contributed by atoms with Crippen LogP contribution in [0.25, 0.3) is 0 Å². The predicted molar refractivity (Wildman–Crippen MR) is 83.7 cm³/mol. The second-order valence-corrected chi connectivity index (χ2v) is 5.05. The van der Waals surface area contributed by atoms with Gasteiger partial charge in [-0.2, -0.15) is 0 Å². The number of hydrogen-bond donors (Lipinski definition) is 1. The zero-order valence-corrected chi connectivity index (χ0v) is 13.6. The summed E-state index contributed by atoms with van der Waals surface area (Å²) in [7, 11) is 0. The predicted octanol–water partition coefficient (Wildman–Crippen LogP) is 4.56. The van der Waals surface area contributed by atoms with Gasteiger partial charge in [0.05, 0.1) is 0 Å². The van der Waals surface area contributed by atoms with Gasteiger partial charge in [0.2, 0.25) is 0 Å². The molecule has 116 valence electrons. The molecule has 0 aliphatic rings. The molecule has 0 aromatic carbocycles. The fourth-order valence-electron chi connectivity index (χ4n) is 1.99. The number of nitrogens with zero attached hydrogens (tertiary/aromatic N) is 1. The maximum atomic E-state index is 9.96. The summed E-state index contributed by atoms with van der Waals surface area (Å²) in [4.78, 5) is 12.5. The summed E-state index contributed by atoms with van der Waals surface area (Å²) in [5.74, 6) is -0.675. The van der Waals surface area contributed by atoms with E-state index < -0.39 is 5.97 Å². The fourth-order valence-corrected chi connectivity index (χ4v) is 1.99.